The van der Waals surface area contributed by atoms with Gasteiger partial charge in [0.2, 0.25) is 5.89 Å². The van der Waals surface area contributed by atoms with Crippen molar-refractivity contribution in [2.45, 2.75) is 45.6 Å². The number of rotatable bonds is 4. The van der Waals surface area contributed by atoms with E-state index in [0.717, 1.165) is 12.3 Å². The summed E-state index contributed by atoms with van der Waals surface area (Å²) >= 11 is 0. The minimum Gasteiger partial charge on any atom is -0.339 e. The molecule has 74 valence electrons. The molecule has 1 rings (SSSR count). The van der Waals surface area contributed by atoms with Crippen LogP contribution in [0.1, 0.15) is 44.8 Å². The van der Waals surface area contributed by atoms with Gasteiger partial charge in [-0.1, -0.05) is 19.0 Å². The van der Waals surface area contributed by atoms with Gasteiger partial charge < -0.3 is 10.3 Å². The van der Waals surface area contributed by atoms with Gasteiger partial charge in [-0.25, -0.2) is 0 Å². The van der Waals surface area contributed by atoms with E-state index in [1.807, 2.05) is 6.92 Å². The lowest BCUT2D eigenvalue weighted by Crippen LogP contribution is -2.18. The molecule has 1 heterocycles. The van der Waals surface area contributed by atoms with Gasteiger partial charge in [0.25, 0.3) is 0 Å². The molecule has 0 bridgehead atoms. The van der Waals surface area contributed by atoms with Gasteiger partial charge in [-0.05, 0) is 13.3 Å². The van der Waals surface area contributed by atoms with E-state index in [1.165, 1.54) is 0 Å². The molecule has 0 aromatic carbocycles. The molecule has 0 saturated carbocycles. The van der Waals surface area contributed by atoms with Gasteiger partial charge in [0.15, 0.2) is 5.82 Å². The predicted molar refractivity (Wildman–Crippen MR) is 50.4 cm³/mol. The Labute approximate surface area is 78.5 Å². The summed E-state index contributed by atoms with van der Waals surface area (Å²) in [4.78, 5) is 4.26. The lowest BCUT2D eigenvalue weighted by atomic mass is 10.1. The molecule has 0 spiro atoms. The van der Waals surface area contributed by atoms with Gasteiger partial charge in [0, 0.05) is 18.4 Å². The van der Waals surface area contributed by atoms with Crippen molar-refractivity contribution in [2.24, 2.45) is 5.73 Å². The standard InChI is InChI=1S/C9H17N3O/c1-4-6(2)9-11-8(12-13-9)5-7(3)10/h6-7H,4-5,10H2,1-3H3. The molecule has 4 heteroatoms. The van der Waals surface area contributed by atoms with Crippen molar-refractivity contribution in [2.75, 3.05) is 0 Å². The summed E-state index contributed by atoms with van der Waals surface area (Å²) in [6.45, 7) is 6.10. The summed E-state index contributed by atoms with van der Waals surface area (Å²) in [5.74, 6) is 1.78. The van der Waals surface area contributed by atoms with Crippen molar-refractivity contribution in [1.29, 1.82) is 0 Å². The molecule has 4 nitrogen and oxygen atoms in total. The molecule has 0 aliphatic carbocycles. The lowest BCUT2D eigenvalue weighted by molar-refractivity contribution is 0.352. The fourth-order valence-electron chi connectivity index (χ4n) is 1.01. The molecule has 0 aliphatic heterocycles. The third kappa shape index (κ3) is 2.81. The summed E-state index contributed by atoms with van der Waals surface area (Å²) < 4.78 is 5.10. The quantitative estimate of drug-likeness (QED) is 0.767. The molecule has 2 atom stereocenters. The van der Waals surface area contributed by atoms with Crippen LogP contribution in [0.15, 0.2) is 4.52 Å². The molecule has 0 aliphatic rings. The Hall–Kier alpha value is -0.900. The maximum atomic E-state index is 5.62. The normalized spacial score (nSPS) is 15.7. The third-order valence-electron chi connectivity index (χ3n) is 2.02. The van der Waals surface area contributed by atoms with E-state index in [2.05, 4.69) is 24.0 Å². The fraction of sp³-hybridized carbons (Fsp3) is 0.778. The number of nitrogens with two attached hydrogens (primary N) is 1. The first kappa shape index (κ1) is 10.2. The second-order valence-electron chi connectivity index (χ2n) is 3.54. The molecule has 1 aromatic rings. The number of aromatic nitrogens is 2. The maximum Gasteiger partial charge on any atom is 0.229 e. The zero-order valence-electron chi connectivity index (χ0n) is 8.45. The molecular weight excluding hydrogens is 166 g/mol. The largest absolute Gasteiger partial charge is 0.339 e. The summed E-state index contributed by atoms with van der Waals surface area (Å²) in [6, 6.07) is 0.0855. The highest BCUT2D eigenvalue weighted by Gasteiger charge is 2.12. The fourth-order valence-corrected chi connectivity index (χ4v) is 1.01. The Balaban J connectivity index is 2.63. The predicted octanol–water partition coefficient (Wildman–Crippen LogP) is 1.47. The summed E-state index contributed by atoms with van der Waals surface area (Å²) in [7, 11) is 0. The van der Waals surface area contributed by atoms with E-state index in [1.54, 1.807) is 0 Å². The van der Waals surface area contributed by atoms with Gasteiger partial charge in [-0.2, -0.15) is 4.98 Å². The molecule has 0 radical (unpaired) electrons. The topological polar surface area (TPSA) is 64.9 Å². The van der Waals surface area contributed by atoms with E-state index in [-0.39, 0.29) is 6.04 Å². The summed E-state index contributed by atoms with van der Waals surface area (Å²) in [6.07, 6.45) is 1.69. The minimum atomic E-state index is 0.0855. The average Bonchev–Trinajstić information content (AvgIpc) is 2.50. The van der Waals surface area contributed by atoms with E-state index in [9.17, 15) is 0 Å². The second-order valence-corrected chi connectivity index (χ2v) is 3.54. The summed E-state index contributed by atoms with van der Waals surface area (Å²) in [5, 5.41) is 3.86. The van der Waals surface area contributed by atoms with E-state index in [0.29, 0.717) is 18.2 Å². The smallest absolute Gasteiger partial charge is 0.229 e. The maximum absolute atomic E-state index is 5.62. The van der Waals surface area contributed by atoms with Gasteiger partial charge in [-0.15, -0.1) is 0 Å². The van der Waals surface area contributed by atoms with Crippen LogP contribution in [0.5, 0.6) is 0 Å². The zero-order chi connectivity index (χ0) is 9.84. The van der Waals surface area contributed by atoms with Crippen LogP contribution in [0, 0.1) is 0 Å². The van der Waals surface area contributed by atoms with Gasteiger partial charge in [0.05, 0.1) is 0 Å². The molecule has 0 amide bonds. The first-order chi connectivity index (χ1) is 6.13. The van der Waals surface area contributed by atoms with Gasteiger partial charge in [0.1, 0.15) is 0 Å². The Bertz CT molecular complexity index is 257. The summed E-state index contributed by atoms with van der Waals surface area (Å²) in [5.41, 5.74) is 5.62. The number of nitrogens with zero attached hydrogens (tertiary/aromatic N) is 2. The molecule has 1 aromatic heterocycles. The molecule has 13 heavy (non-hydrogen) atoms. The Morgan fingerprint density at radius 1 is 1.46 bits per heavy atom. The van der Waals surface area contributed by atoms with E-state index in [4.69, 9.17) is 10.3 Å². The van der Waals surface area contributed by atoms with Gasteiger partial charge in [-0.3, -0.25) is 0 Å². The molecule has 2 unspecified atom stereocenters. The molecule has 2 N–H and O–H groups in total. The minimum absolute atomic E-state index is 0.0855. The van der Waals surface area contributed by atoms with Crippen molar-refractivity contribution < 1.29 is 4.52 Å². The van der Waals surface area contributed by atoms with Crippen LogP contribution in [-0.2, 0) is 6.42 Å². The SMILES string of the molecule is CCC(C)c1nc(CC(C)N)no1. The van der Waals surface area contributed by atoms with Crippen LogP contribution in [0.4, 0.5) is 0 Å². The van der Waals surface area contributed by atoms with Crippen LogP contribution in [-0.4, -0.2) is 16.2 Å². The Morgan fingerprint density at radius 2 is 2.15 bits per heavy atom. The first-order valence-corrected chi connectivity index (χ1v) is 4.71. The Morgan fingerprint density at radius 3 is 2.69 bits per heavy atom. The highest BCUT2D eigenvalue weighted by Crippen LogP contribution is 2.15. The number of hydrogen-bond acceptors (Lipinski definition) is 4. The van der Waals surface area contributed by atoms with Crippen molar-refractivity contribution >= 4 is 0 Å². The molecule has 0 saturated heterocycles. The van der Waals surface area contributed by atoms with E-state index < -0.39 is 0 Å². The lowest BCUT2D eigenvalue weighted by Gasteiger charge is -1.99. The van der Waals surface area contributed by atoms with Crippen LogP contribution >= 0.6 is 0 Å². The Kier molecular flexibility index (Phi) is 3.42. The second kappa shape index (κ2) is 4.37. The van der Waals surface area contributed by atoms with Crippen LogP contribution in [0.25, 0.3) is 0 Å². The van der Waals surface area contributed by atoms with Crippen molar-refractivity contribution in [3.05, 3.63) is 11.7 Å². The first-order valence-electron chi connectivity index (χ1n) is 4.71. The zero-order valence-corrected chi connectivity index (χ0v) is 8.45. The third-order valence-corrected chi connectivity index (χ3v) is 2.02. The molecule has 0 fully saturated rings. The number of hydrogen-bond donors (Lipinski definition) is 1. The highest BCUT2D eigenvalue weighted by atomic mass is 16.5. The van der Waals surface area contributed by atoms with Crippen molar-refractivity contribution in [3.63, 3.8) is 0 Å². The molecular formula is C9H17N3O. The highest BCUT2D eigenvalue weighted by molar-refractivity contribution is 4.93. The van der Waals surface area contributed by atoms with Crippen LogP contribution in [0.3, 0.4) is 0 Å². The van der Waals surface area contributed by atoms with E-state index >= 15 is 0 Å². The van der Waals surface area contributed by atoms with Crippen molar-refractivity contribution in [3.8, 4) is 0 Å². The average molecular weight is 183 g/mol. The van der Waals surface area contributed by atoms with Crippen LogP contribution < -0.4 is 5.73 Å². The van der Waals surface area contributed by atoms with Crippen LogP contribution in [0.2, 0.25) is 0 Å². The van der Waals surface area contributed by atoms with Crippen molar-refractivity contribution in [1.82, 2.24) is 10.1 Å². The van der Waals surface area contributed by atoms with Gasteiger partial charge >= 0.3 is 0 Å². The monoisotopic (exact) mass is 183 g/mol.